The fraction of sp³-hybridized carbons (Fsp3) is 0.400. The van der Waals surface area contributed by atoms with Crippen LogP contribution in [0.4, 0.5) is 32.7 Å². The average Bonchev–Trinajstić information content (AvgIpc) is 3.45. The molecule has 2 aliphatic rings. The third kappa shape index (κ3) is 4.85. The minimum Gasteiger partial charge on any atom is -0.443 e. The summed E-state index contributed by atoms with van der Waals surface area (Å²) < 4.78 is 7.26. The summed E-state index contributed by atoms with van der Waals surface area (Å²) in [5.74, 6) is 0.998. The van der Waals surface area contributed by atoms with Crippen LogP contribution in [0.5, 0.6) is 0 Å². The van der Waals surface area contributed by atoms with E-state index in [1.165, 1.54) is 4.90 Å². The van der Waals surface area contributed by atoms with Gasteiger partial charge in [0.15, 0.2) is 11.5 Å². The molecular formula is C25H31N8O4+. The smallest absolute Gasteiger partial charge is 0.414 e. The third-order valence-corrected chi connectivity index (χ3v) is 6.26. The molecule has 0 aliphatic carbocycles. The number of fused-ring (bicyclic) bond motifs is 2. The lowest BCUT2D eigenvalue weighted by atomic mass is 10.1. The number of anilines is 2. The van der Waals surface area contributed by atoms with E-state index in [1.807, 2.05) is 45.0 Å². The number of carbonyl (C=O) groups excluding carboxylic acids is 2. The fourth-order valence-electron chi connectivity index (χ4n) is 4.63. The zero-order valence-electron chi connectivity index (χ0n) is 21.3. The minimum atomic E-state index is -0.631. The molecule has 0 spiro atoms. The molecule has 1 unspecified atom stereocenters. The molecule has 37 heavy (non-hydrogen) atoms. The van der Waals surface area contributed by atoms with E-state index in [-0.39, 0.29) is 18.7 Å². The molecule has 0 radical (unpaired) electrons. The van der Waals surface area contributed by atoms with Crippen LogP contribution in [0.1, 0.15) is 37.9 Å². The molecule has 0 saturated heterocycles. The number of hydrogen-bond donors (Lipinski definition) is 2. The first-order chi connectivity index (χ1) is 17.6. The molecule has 3 N–H and O–H groups in total. The van der Waals surface area contributed by atoms with Gasteiger partial charge in [-0.2, -0.15) is 15.1 Å². The van der Waals surface area contributed by atoms with Crippen molar-refractivity contribution in [2.75, 3.05) is 30.0 Å². The van der Waals surface area contributed by atoms with Gasteiger partial charge in [-0.3, -0.25) is 14.5 Å². The van der Waals surface area contributed by atoms with Crippen molar-refractivity contribution in [2.24, 2.45) is 0 Å². The van der Waals surface area contributed by atoms with Gasteiger partial charge in [0.25, 0.3) is 0 Å². The monoisotopic (exact) mass is 507 g/mol. The number of nitrogens with zero attached hydrogens (tertiary/aromatic N) is 7. The molecule has 2 aromatic heterocycles. The first-order valence-electron chi connectivity index (χ1n) is 12.1. The molecule has 1 atom stereocenters. The fourth-order valence-corrected chi connectivity index (χ4v) is 4.63. The first kappa shape index (κ1) is 24.7. The van der Waals surface area contributed by atoms with Gasteiger partial charge in [0, 0.05) is 24.4 Å². The molecule has 3 aromatic rings. The van der Waals surface area contributed by atoms with Crippen LogP contribution in [0.15, 0.2) is 42.9 Å². The van der Waals surface area contributed by atoms with Crippen LogP contribution in [0.3, 0.4) is 0 Å². The normalized spacial score (nSPS) is 17.2. The number of ether oxygens (including phenoxy) is 1. The number of nitrogens with two attached hydrogens (primary N) is 1. The molecular weight excluding hydrogens is 476 g/mol. The molecule has 194 valence electrons. The SMILES string of the molecule is CN1C(=O)N(C2CN(C(=O)OC(C)(C)C)c3ccccc32)Cc2cnc([NH2+]c3cnn(CCO)c3)nc21. The van der Waals surface area contributed by atoms with Crippen molar-refractivity contribution < 1.29 is 24.7 Å². The molecule has 0 fully saturated rings. The minimum absolute atomic E-state index is 0.000867. The maximum absolute atomic E-state index is 13.5. The van der Waals surface area contributed by atoms with Crippen molar-refractivity contribution in [1.29, 1.82) is 0 Å². The Bertz CT molecular complexity index is 1330. The maximum Gasteiger partial charge on any atom is 0.414 e. The lowest BCUT2D eigenvalue weighted by molar-refractivity contribution is -0.487. The number of para-hydroxylation sites is 1. The van der Waals surface area contributed by atoms with Gasteiger partial charge in [0.05, 0.1) is 44.2 Å². The lowest BCUT2D eigenvalue weighted by Crippen LogP contribution is -2.72. The van der Waals surface area contributed by atoms with Crippen molar-refractivity contribution in [3.05, 3.63) is 54.0 Å². The van der Waals surface area contributed by atoms with Gasteiger partial charge in [0.1, 0.15) is 11.8 Å². The standard InChI is InChI=1S/C25H30N8O4/c1-25(2,3)37-24(36)33-15-20(18-7-5-6-8-19(18)33)32-13-16-11-26-22(29-21(16)30(4)23(32)35)28-17-12-27-31(14-17)9-10-34/h5-8,11-12,14,20,34H,9-10,13,15H2,1-4H3,(H,26,28,29)/p+1. The number of rotatable bonds is 5. The Morgan fingerprint density at radius 1 is 1.24 bits per heavy atom. The van der Waals surface area contributed by atoms with Crippen LogP contribution in [0, 0.1) is 0 Å². The van der Waals surface area contributed by atoms with Crippen LogP contribution < -0.4 is 15.1 Å². The van der Waals surface area contributed by atoms with E-state index in [1.54, 1.807) is 45.4 Å². The highest BCUT2D eigenvalue weighted by Gasteiger charge is 2.42. The molecule has 12 heteroatoms. The van der Waals surface area contributed by atoms with E-state index in [0.29, 0.717) is 31.4 Å². The van der Waals surface area contributed by atoms with Crippen LogP contribution >= 0.6 is 0 Å². The number of benzene rings is 1. The number of quaternary nitrogens is 1. The van der Waals surface area contributed by atoms with Gasteiger partial charge in [-0.15, -0.1) is 0 Å². The van der Waals surface area contributed by atoms with Crippen molar-refractivity contribution in [3.8, 4) is 0 Å². The Kier molecular flexibility index (Phi) is 6.30. The van der Waals surface area contributed by atoms with E-state index < -0.39 is 11.7 Å². The van der Waals surface area contributed by atoms with Gasteiger partial charge in [-0.05, 0) is 26.8 Å². The summed E-state index contributed by atoms with van der Waals surface area (Å²) in [4.78, 5) is 40.5. The predicted molar refractivity (Wildman–Crippen MR) is 135 cm³/mol. The number of urea groups is 1. The van der Waals surface area contributed by atoms with Crippen molar-refractivity contribution in [2.45, 2.75) is 45.5 Å². The number of amides is 3. The van der Waals surface area contributed by atoms with Crippen LogP contribution in [0.25, 0.3) is 0 Å². The quantitative estimate of drug-likeness (QED) is 0.540. The molecule has 2 aliphatic heterocycles. The van der Waals surface area contributed by atoms with Crippen LogP contribution in [0.2, 0.25) is 0 Å². The highest BCUT2D eigenvalue weighted by molar-refractivity contribution is 5.95. The number of aliphatic hydroxyl groups is 1. The predicted octanol–water partition coefficient (Wildman–Crippen LogP) is 2.06. The summed E-state index contributed by atoms with van der Waals surface area (Å²) in [5, 5.41) is 15.0. The first-order valence-corrected chi connectivity index (χ1v) is 12.1. The molecule has 0 saturated carbocycles. The summed E-state index contributed by atoms with van der Waals surface area (Å²) in [6.45, 7) is 6.51. The Balaban J connectivity index is 1.38. The van der Waals surface area contributed by atoms with Gasteiger partial charge in [-0.25, -0.2) is 14.9 Å². The van der Waals surface area contributed by atoms with Gasteiger partial charge < -0.3 is 14.7 Å². The summed E-state index contributed by atoms with van der Waals surface area (Å²) in [5.41, 5.74) is 2.61. The summed E-state index contributed by atoms with van der Waals surface area (Å²) in [6.07, 6.45) is 4.76. The second-order valence-electron chi connectivity index (χ2n) is 10.1. The van der Waals surface area contributed by atoms with E-state index >= 15 is 0 Å². The zero-order valence-corrected chi connectivity index (χ0v) is 21.3. The van der Waals surface area contributed by atoms with Crippen molar-refractivity contribution >= 4 is 35.3 Å². The lowest BCUT2D eigenvalue weighted by Gasteiger charge is -2.37. The molecule has 3 amide bonds. The Morgan fingerprint density at radius 2 is 2.03 bits per heavy atom. The number of carbonyl (C=O) groups is 2. The summed E-state index contributed by atoms with van der Waals surface area (Å²) in [7, 11) is 1.69. The largest absolute Gasteiger partial charge is 0.443 e. The molecule has 5 rings (SSSR count). The average molecular weight is 508 g/mol. The molecule has 0 bridgehead atoms. The van der Waals surface area contributed by atoms with Gasteiger partial charge >= 0.3 is 18.1 Å². The number of aromatic nitrogens is 4. The summed E-state index contributed by atoms with van der Waals surface area (Å²) in [6, 6.07) is 7.05. The Labute approximate surface area is 214 Å². The van der Waals surface area contributed by atoms with E-state index in [2.05, 4.69) is 15.1 Å². The zero-order chi connectivity index (χ0) is 26.3. The molecule has 1 aromatic carbocycles. The van der Waals surface area contributed by atoms with Gasteiger partial charge in [0.2, 0.25) is 0 Å². The third-order valence-electron chi connectivity index (χ3n) is 6.26. The Hall–Kier alpha value is -4.03. The second kappa shape index (κ2) is 9.45. The second-order valence-corrected chi connectivity index (χ2v) is 10.1. The highest BCUT2D eigenvalue weighted by Crippen LogP contribution is 2.41. The van der Waals surface area contributed by atoms with Crippen molar-refractivity contribution in [3.63, 3.8) is 0 Å². The number of aliphatic hydroxyl groups excluding tert-OH is 1. The van der Waals surface area contributed by atoms with Gasteiger partial charge in [-0.1, -0.05) is 18.2 Å². The summed E-state index contributed by atoms with van der Waals surface area (Å²) >= 11 is 0. The Morgan fingerprint density at radius 3 is 2.78 bits per heavy atom. The van der Waals surface area contributed by atoms with E-state index in [4.69, 9.17) is 9.84 Å². The topological polar surface area (TPSA) is 134 Å². The maximum atomic E-state index is 13.5. The highest BCUT2D eigenvalue weighted by atomic mass is 16.6. The van der Waals surface area contributed by atoms with E-state index in [0.717, 1.165) is 22.5 Å². The van der Waals surface area contributed by atoms with E-state index in [9.17, 15) is 9.59 Å². The molecule has 4 heterocycles. The number of hydrogen-bond acceptors (Lipinski definition) is 7. The van der Waals surface area contributed by atoms with Crippen molar-refractivity contribution in [1.82, 2.24) is 24.6 Å². The van der Waals surface area contributed by atoms with Crippen LogP contribution in [-0.4, -0.2) is 67.7 Å². The molecule has 12 nitrogen and oxygen atoms in total. The van der Waals surface area contributed by atoms with Crippen LogP contribution in [-0.2, 0) is 17.8 Å².